The molecule has 20 heavy (non-hydrogen) atoms. The highest BCUT2D eigenvalue weighted by atomic mass is 79.9. The van der Waals surface area contributed by atoms with Crippen LogP contribution < -0.4 is 4.90 Å². The largest absolute Gasteiger partial charge is 0.329 e. The Balaban J connectivity index is 2.17. The lowest BCUT2D eigenvalue weighted by Gasteiger charge is -2.20. The first kappa shape index (κ1) is 13.6. The number of hydrogen-bond acceptors (Lipinski definition) is 1. The third kappa shape index (κ3) is 2.05. The van der Waals surface area contributed by atoms with Crippen molar-refractivity contribution in [1.82, 2.24) is 0 Å². The molecule has 0 spiro atoms. The predicted molar refractivity (Wildman–Crippen MR) is 90.0 cm³/mol. The van der Waals surface area contributed by atoms with Crippen LogP contribution in [0.1, 0.15) is 38.2 Å². The lowest BCUT2D eigenvalue weighted by molar-refractivity contribution is 0.813. The number of amidine groups is 1. The second kappa shape index (κ2) is 5.21. The van der Waals surface area contributed by atoms with Crippen molar-refractivity contribution in [2.75, 3.05) is 11.4 Å². The smallest absolute Gasteiger partial charge is 0.100 e. The minimum Gasteiger partial charge on any atom is -0.329 e. The van der Waals surface area contributed by atoms with E-state index in [1.54, 1.807) is 0 Å². The Morgan fingerprint density at radius 1 is 1.30 bits per heavy atom. The minimum atomic E-state index is 0.472. The topological polar surface area (TPSA) is 27.1 Å². The first-order valence-electron chi connectivity index (χ1n) is 7.19. The minimum absolute atomic E-state index is 0.472. The van der Waals surface area contributed by atoms with Crippen molar-refractivity contribution >= 4 is 38.2 Å². The summed E-state index contributed by atoms with van der Waals surface area (Å²) in [5, 5.41) is 10.9. The van der Waals surface area contributed by atoms with E-state index in [1.807, 2.05) is 0 Å². The van der Waals surface area contributed by atoms with Gasteiger partial charge in [-0.25, -0.2) is 0 Å². The first-order valence-corrected chi connectivity index (χ1v) is 7.99. The predicted octanol–water partition coefficient (Wildman–Crippen LogP) is 5.30. The van der Waals surface area contributed by atoms with Gasteiger partial charge in [0.25, 0.3) is 0 Å². The zero-order chi connectivity index (χ0) is 14.3. The van der Waals surface area contributed by atoms with E-state index >= 15 is 0 Å². The Kier molecular flexibility index (Phi) is 3.55. The second-order valence-corrected chi connectivity index (χ2v) is 6.40. The average Bonchev–Trinajstić information content (AvgIpc) is 2.77. The highest BCUT2D eigenvalue weighted by Gasteiger charge is 2.29. The number of benzene rings is 2. The van der Waals surface area contributed by atoms with Crippen molar-refractivity contribution < 1.29 is 0 Å². The van der Waals surface area contributed by atoms with E-state index in [9.17, 15) is 0 Å². The lowest BCUT2D eigenvalue weighted by atomic mass is 9.96. The Bertz CT molecular complexity index is 678. The van der Waals surface area contributed by atoms with Gasteiger partial charge in [-0.05, 0) is 34.9 Å². The van der Waals surface area contributed by atoms with Gasteiger partial charge in [0, 0.05) is 29.0 Å². The maximum Gasteiger partial charge on any atom is 0.100 e. The van der Waals surface area contributed by atoms with Gasteiger partial charge in [-0.3, -0.25) is 5.41 Å². The van der Waals surface area contributed by atoms with Crippen LogP contribution in [0.5, 0.6) is 0 Å². The Hall–Kier alpha value is -1.35. The monoisotopic (exact) mass is 330 g/mol. The van der Waals surface area contributed by atoms with Crippen LogP contribution in [0.25, 0.3) is 10.8 Å². The van der Waals surface area contributed by atoms with Gasteiger partial charge in [0.05, 0.1) is 0 Å². The molecule has 0 bridgehead atoms. The van der Waals surface area contributed by atoms with Gasteiger partial charge >= 0.3 is 0 Å². The Labute approximate surface area is 128 Å². The summed E-state index contributed by atoms with van der Waals surface area (Å²) in [7, 11) is 0. The van der Waals surface area contributed by atoms with E-state index in [0.717, 1.165) is 29.7 Å². The third-order valence-corrected chi connectivity index (χ3v) is 4.77. The molecular formula is C17H19BrN2. The molecule has 3 rings (SSSR count). The van der Waals surface area contributed by atoms with Gasteiger partial charge < -0.3 is 4.90 Å². The molecule has 104 valence electrons. The van der Waals surface area contributed by atoms with Crippen LogP contribution in [-0.2, 0) is 0 Å². The number of nitrogens with zero attached hydrogens (tertiary/aromatic N) is 1. The van der Waals surface area contributed by atoms with Crippen molar-refractivity contribution in [3.8, 4) is 0 Å². The van der Waals surface area contributed by atoms with Gasteiger partial charge in [-0.2, -0.15) is 0 Å². The molecule has 1 unspecified atom stereocenters. The standard InChI is InChI=1S/C17H19BrN2/c1-3-5-16(19)20-10-11(2)17-13-6-4-7-14(18)12(13)8-9-15(17)20/h4,6-9,11,19H,3,5,10H2,1-2H3. The SMILES string of the molecule is CCCC(=N)N1CC(C)c2c1ccc1c(Br)cccc21. The van der Waals surface area contributed by atoms with Crippen LogP contribution >= 0.6 is 15.9 Å². The first-order chi connectivity index (χ1) is 9.63. The molecule has 2 aromatic rings. The molecule has 1 aliphatic rings. The molecule has 0 aromatic heterocycles. The molecule has 0 fully saturated rings. The van der Waals surface area contributed by atoms with Crippen LogP contribution in [-0.4, -0.2) is 12.4 Å². The van der Waals surface area contributed by atoms with E-state index < -0.39 is 0 Å². The van der Waals surface area contributed by atoms with E-state index in [1.165, 1.54) is 22.0 Å². The summed E-state index contributed by atoms with van der Waals surface area (Å²) in [6.45, 7) is 5.32. The average molecular weight is 331 g/mol. The summed E-state index contributed by atoms with van der Waals surface area (Å²) < 4.78 is 1.15. The lowest BCUT2D eigenvalue weighted by Crippen LogP contribution is -2.28. The van der Waals surface area contributed by atoms with Crippen LogP contribution in [0, 0.1) is 5.41 Å². The number of hydrogen-bond donors (Lipinski definition) is 1. The van der Waals surface area contributed by atoms with Gasteiger partial charge in [0.15, 0.2) is 0 Å². The fourth-order valence-electron chi connectivity index (χ4n) is 3.18. The van der Waals surface area contributed by atoms with Crippen LogP contribution in [0.2, 0.25) is 0 Å². The van der Waals surface area contributed by atoms with E-state index in [2.05, 4.69) is 65.0 Å². The molecule has 0 saturated carbocycles. The zero-order valence-electron chi connectivity index (χ0n) is 11.9. The highest BCUT2D eigenvalue weighted by molar-refractivity contribution is 9.10. The summed E-state index contributed by atoms with van der Waals surface area (Å²) in [6.07, 6.45) is 1.88. The molecule has 0 aliphatic carbocycles. The van der Waals surface area contributed by atoms with Crippen LogP contribution in [0.3, 0.4) is 0 Å². The fraction of sp³-hybridized carbons (Fsp3) is 0.353. The molecule has 1 atom stereocenters. The molecule has 0 amide bonds. The molecule has 1 aliphatic heterocycles. The van der Waals surface area contributed by atoms with Crippen molar-refractivity contribution in [2.45, 2.75) is 32.6 Å². The van der Waals surface area contributed by atoms with Crippen molar-refractivity contribution in [2.24, 2.45) is 0 Å². The summed E-state index contributed by atoms with van der Waals surface area (Å²) in [4.78, 5) is 2.18. The molecule has 0 radical (unpaired) electrons. The number of anilines is 1. The normalized spacial score (nSPS) is 17.6. The fourth-order valence-corrected chi connectivity index (χ4v) is 3.67. The van der Waals surface area contributed by atoms with Gasteiger partial charge in [-0.15, -0.1) is 0 Å². The Morgan fingerprint density at radius 3 is 2.85 bits per heavy atom. The number of nitrogens with one attached hydrogen (secondary N) is 1. The van der Waals surface area contributed by atoms with Crippen molar-refractivity contribution in [3.63, 3.8) is 0 Å². The highest BCUT2D eigenvalue weighted by Crippen LogP contribution is 2.42. The molecule has 2 aromatic carbocycles. The maximum absolute atomic E-state index is 8.27. The van der Waals surface area contributed by atoms with Gasteiger partial charge in [-0.1, -0.05) is 48.0 Å². The summed E-state index contributed by atoms with van der Waals surface area (Å²) >= 11 is 3.64. The van der Waals surface area contributed by atoms with E-state index in [4.69, 9.17) is 5.41 Å². The van der Waals surface area contributed by atoms with E-state index in [-0.39, 0.29) is 0 Å². The quantitative estimate of drug-likeness (QED) is 0.586. The van der Waals surface area contributed by atoms with Crippen molar-refractivity contribution in [1.29, 1.82) is 5.41 Å². The third-order valence-electron chi connectivity index (χ3n) is 4.08. The molecular weight excluding hydrogens is 312 g/mol. The Morgan fingerprint density at radius 2 is 2.10 bits per heavy atom. The van der Waals surface area contributed by atoms with Crippen LogP contribution in [0.15, 0.2) is 34.8 Å². The summed E-state index contributed by atoms with van der Waals surface area (Å²) in [6, 6.07) is 10.7. The zero-order valence-corrected chi connectivity index (χ0v) is 13.5. The second-order valence-electron chi connectivity index (χ2n) is 5.54. The van der Waals surface area contributed by atoms with Crippen molar-refractivity contribution in [3.05, 3.63) is 40.4 Å². The summed E-state index contributed by atoms with van der Waals surface area (Å²) in [5.41, 5.74) is 2.62. The molecule has 1 heterocycles. The van der Waals surface area contributed by atoms with Crippen LogP contribution in [0.4, 0.5) is 5.69 Å². The molecule has 1 N–H and O–H groups in total. The summed E-state index contributed by atoms with van der Waals surface area (Å²) in [5.74, 6) is 1.22. The molecule has 2 nitrogen and oxygen atoms in total. The van der Waals surface area contributed by atoms with Gasteiger partial charge in [0.1, 0.15) is 5.84 Å². The number of halogens is 1. The van der Waals surface area contributed by atoms with E-state index in [0.29, 0.717) is 5.92 Å². The number of fused-ring (bicyclic) bond motifs is 3. The maximum atomic E-state index is 8.27. The molecule has 3 heteroatoms. The van der Waals surface area contributed by atoms with Gasteiger partial charge in [0.2, 0.25) is 0 Å². The number of rotatable bonds is 2. The molecule has 0 saturated heterocycles.